The van der Waals surface area contributed by atoms with Gasteiger partial charge in [-0.15, -0.1) is 11.3 Å². The summed E-state index contributed by atoms with van der Waals surface area (Å²) in [5.41, 5.74) is 1.86. The lowest BCUT2D eigenvalue weighted by atomic mass is 10.2. The van der Waals surface area contributed by atoms with Crippen LogP contribution < -0.4 is 5.32 Å². The number of carbonyl (C=O) groups is 1. The first-order valence-electron chi connectivity index (χ1n) is 8.29. The van der Waals surface area contributed by atoms with Crippen molar-refractivity contribution in [2.45, 2.75) is 32.7 Å². The number of nitrogens with zero attached hydrogens (tertiary/aromatic N) is 2. The van der Waals surface area contributed by atoms with E-state index >= 15 is 0 Å². The Morgan fingerprint density at radius 3 is 2.67 bits per heavy atom. The zero-order chi connectivity index (χ0) is 17.1. The zero-order valence-electron chi connectivity index (χ0n) is 14.0. The highest BCUT2D eigenvalue weighted by Crippen LogP contribution is 2.31. The third kappa shape index (κ3) is 3.82. The van der Waals surface area contributed by atoms with Crippen molar-refractivity contribution in [2.75, 3.05) is 19.6 Å². The van der Waals surface area contributed by atoms with Crippen LogP contribution in [0, 0.1) is 12.7 Å². The Hall–Kier alpha value is -1.79. The second kappa shape index (κ2) is 7.40. The van der Waals surface area contributed by atoms with Crippen molar-refractivity contribution in [3.8, 4) is 10.6 Å². The van der Waals surface area contributed by atoms with Crippen molar-refractivity contribution in [1.29, 1.82) is 0 Å². The van der Waals surface area contributed by atoms with Gasteiger partial charge in [-0.3, -0.25) is 4.79 Å². The highest BCUT2D eigenvalue weighted by Gasteiger charge is 2.20. The van der Waals surface area contributed by atoms with E-state index in [1.165, 1.54) is 12.1 Å². The standard InChI is InChI=1S/C18H22FN3OS/c1-12(20-11-16(23)22-9-3-4-10-22)17-13(2)21-18(24-17)14-5-7-15(19)8-6-14/h5-8,12,20H,3-4,9-11H2,1-2H3/t12-/m0/s1. The molecule has 0 aliphatic carbocycles. The van der Waals surface area contributed by atoms with Crippen molar-refractivity contribution < 1.29 is 9.18 Å². The highest BCUT2D eigenvalue weighted by molar-refractivity contribution is 7.15. The first kappa shape index (κ1) is 17.0. The summed E-state index contributed by atoms with van der Waals surface area (Å²) < 4.78 is 13.1. The van der Waals surface area contributed by atoms with Gasteiger partial charge < -0.3 is 10.2 Å². The van der Waals surface area contributed by atoms with E-state index in [4.69, 9.17) is 0 Å². The third-order valence-electron chi connectivity index (χ3n) is 4.34. The maximum absolute atomic E-state index is 13.1. The maximum Gasteiger partial charge on any atom is 0.236 e. The van der Waals surface area contributed by atoms with Gasteiger partial charge in [-0.25, -0.2) is 9.37 Å². The fourth-order valence-electron chi connectivity index (χ4n) is 2.94. The second-order valence-corrected chi connectivity index (χ2v) is 7.20. The Labute approximate surface area is 145 Å². The molecular formula is C18H22FN3OS. The minimum Gasteiger partial charge on any atom is -0.342 e. The molecule has 1 fully saturated rings. The summed E-state index contributed by atoms with van der Waals surface area (Å²) in [5, 5.41) is 4.19. The maximum atomic E-state index is 13.1. The Balaban J connectivity index is 1.65. The molecule has 1 aromatic carbocycles. The van der Waals surface area contributed by atoms with Gasteiger partial charge in [0.2, 0.25) is 5.91 Å². The summed E-state index contributed by atoms with van der Waals surface area (Å²) in [6, 6.07) is 6.44. The fourth-order valence-corrected chi connectivity index (χ4v) is 4.04. The van der Waals surface area contributed by atoms with Crippen LogP contribution in [0.4, 0.5) is 4.39 Å². The molecule has 128 valence electrons. The fraction of sp³-hybridized carbons (Fsp3) is 0.444. The number of likely N-dealkylation sites (tertiary alicyclic amines) is 1. The van der Waals surface area contributed by atoms with E-state index in [1.54, 1.807) is 23.5 Å². The van der Waals surface area contributed by atoms with Crippen molar-refractivity contribution in [3.05, 3.63) is 40.7 Å². The SMILES string of the molecule is Cc1nc(-c2ccc(F)cc2)sc1[C@H](C)NCC(=O)N1CCCC1. The van der Waals surface area contributed by atoms with Gasteiger partial charge in [0, 0.05) is 29.6 Å². The predicted molar refractivity (Wildman–Crippen MR) is 94.5 cm³/mol. The number of carbonyl (C=O) groups excluding carboxylic acids is 1. The van der Waals surface area contributed by atoms with E-state index in [9.17, 15) is 9.18 Å². The molecule has 1 saturated heterocycles. The van der Waals surface area contributed by atoms with E-state index in [1.807, 2.05) is 18.7 Å². The molecular weight excluding hydrogens is 325 g/mol. The number of benzene rings is 1. The summed E-state index contributed by atoms with van der Waals surface area (Å²) in [7, 11) is 0. The first-order valence-corrected chi connectivity index (χ1v) is 9.10. The first-order chi connectivity index (χ1) is 11.5. The van der Waals surface area contributed by atoms with Gasteiger partial charge in [-0.05, 0) is 51.0 Å². The van der Waals surface area contributed by atoms with E-state index in [0.717, 1.165) is 47.1 Å². The number of amides is 1. The van der Waals surface area contributed by atoms with Crippen LogP contribution in [0.3, 0.4) is 0 Å². The smallest absolute Gasteiger partial charge is 0.236 e. The van der Waals surface area contributed by atoms with Gasteiger partial charge in [0.15, 0.2) is 0 Å². The molecule has 0 unspecified atom stereocenters. The average Bonchev–Trinajstić information content (AvgIpc) is 3.23. The number of rotatable bonds is 5. The quantitative estimate of drug-likeness (QED) is 0.900. The summed E-state index contributed by atoms with van der Waals surface area (Å²) >= 11 is 1.59. The van der Waals surface area contributed by atoms with E-state index in [-0.39, 0.29) is 17.8 Å². The molecule has 0 bridgehead atoms. The Bertz CT molecular complexity index is 708. The van der Waals surface area contributed by atoms with Gasteiger partial charge in [-0.2, -0.15) is 0 Å². The molecule has 6 heteroatoms. The minimum absolute atomic E-state index is 0.0586. The molecule has 4 nitrogen and oxygen atoms in total. The van der Waals surface area contributed by atoms with Crippen molar-refractivity contribution in [2.24, 2.45) is 0 Å². The number of thiazole rings is 1. The Morgan fingerprint density at radius 1 is 1.33 bits per heavy atom. The molecule has 1 atom stereocenters. The van der Waals surface area contributed by atoms with Crippen LogP contribution >= 0.6 is 11.3 Å². The molecule has 2 heterocycles. The van der Waals surface area contributed by atoms with Crippen LogP contribution in [0.15, 0.2) is 24.3 Å². The molecule has 0 saturated carbocycles. The second-order valence-electron chi connectivity index (χ2n) is 6.17. The number of aromatic nitrogens is 1. The molecule has 1 amide bonds. The van der Waals surface area contributed by atoms with Crippen LogP contribution in [-0.2, 0) is 4.79 Å². The summed E-state index contributed by atoms with van der Waals surface area (Å²) in [5.74, 6) is -0.0806. The topological polar surface area (TPSA) is 45.2 Å². The number of halogens is 1. The monoisotopic (exact) mass is 347 g/mol. The lowest BCUT2D eigenvalue weighted by Gasteiger charge is -2.18. The minimum atomic E-state index is -0.247. The van der Waals surface area contributed by atoms with Crippen LogP contribution in [0.2, 0.25) is 0 Å². The van der Waals surface area contributed by atoms with Crippen LogP contribution in [0.25, 0.3) is 10.6 Å². The summed E-state index contributed by atoms with van der Waals surface area (Å²) in [4.78, 5) is 19.8. The van der Waals surface area contributed by atoms with Crippen molar-refractivity contribution in [3.63, 3.8) is 0 Å². The number of aryl methyl sites for hydroxylation is 1. The average molecular weight is 347 g/mol. The van der Waals surface area contributed by atoms with E-state index < -0.39 is 0 Å². The Morgan fingerprint density at radius 2 is 2.00 bits per heavy atom. The lowest BCUT2D eigenvalue weighted by molar-refractivity contribution is -0.129. The molecule has 1 aliphatic heterocycles. The Kier molecular flexibility index (Phi) is 5.26. The van der Waals surface area contributed by atoms with Crippen LogP contribution in [-0.4, -0.2) is 35.4 Å². The summed E-state index contributed by atoms with van der Waals surface area (Å²) in [6.45, 7) is 6.13. The molecule has 1 aromatic heterocycles. The van der Waals surface area contributed by atoms with Crippen LogP contribution in [0.5, 0.6) is 0 Å². The van der Waals surface area contributed by atoms with Crippen molar-refractivity contribution in [1.82, 2.24) is 15.2 Å². The van der Waals surface area contributed by atoms with E-state index in [2.05, 4.69) is 10.3 Å². The number of nitrogens with one attached hydrogen (secondary N) is 1. The number of hydrogen-bond acceptors (Lipinski definition) is 4. The van der Waals surface area contributed by atoms with Gasteiger partial charge in [-0.1, -0.05) is 0 Å². The van der Waals surface area contributed by atoms with E-state index in [0.29, 0.717) is 6.54 Å². The third-order valence-corrected chi connectivity index (χ3v) is 5.72. The van der Waals surface area contributed by atoms with Gasteiger partial charge in [0.05, 0.1) is 12.2 Å². The number of hydrogen-bond donors (Lipinski definition) is 1. The van der Waals surface area contributed by atoms with Gasteiger partial charge in [0.25, 0.3) is 0 Å². The van der Waals surface area contributed by atoms with Gasteiger partial charge in [0.1, 0.15) is 10.8 Å². The van der Waals surface area contributed by atoms with Crippen molar-refractivity contribution >= 4 is 17.2 Å². The predicted octanol–water partition coefficient (Wildman–Crippen LogP) is 3.53. The zero-order valence-corrected chi connectivity index (χ0v) is 14.8. The molecule has 1 N–H and O–H groups in total. The van der Waals surface area contributed by atoms with Crippen LogP contribution in [0.1, 0.15) is 36.4 Å². The molecule has 2 aromatic rings. The molecule has 0 spiro atoms. The highest BCUT2D eigenvalue weighted by atomic mass is 32.1. The summed E-state index contributed by atoms with van der Waals surface area (Å²) in [6.07, 6.45) is 2.21. The van der Waals surface area contributed by atoms with Gasteiger partial charge >= 0.3 is 0 Å². The normalized spacial score (nSPS) is 15.7. The molecule has 0 radical (unpaired) electrons. The molecule has 1 aliphatic rings. The molecule has 24 heavy (non-hydrogen) atoms. The lowest BCUT2D eigenvalue weighted by Crippen LogP contribution is -2.37. The molecule has 3 rings (SSSR count). The largest absolute Gasteiger partial charge is 0.342 e.